The Morgan fingerprint density at radius 2 is 1.81 bits per heavy atom. The van der Waals surface area contributed by atoms with E-state index in [4.69, 9.17) is 11.6 Å². The minimum atomic E-state index is 0.0118. The first kappa shape index (κ1) is 15.5. The number of benzene rings is 2. The number of rotatable bonds is 6. The Balaban J connectivity index is 1.76. The zero-order chi connectivity index (χ0) is 15.1. The monoisotopic (exact) mass is 303 g/mol. The molecule has 1 amide bonds. The van der Waals surface area contributed by atoms with E-state index in [0.717, 1.165) is 5.56 Å². The molecule has 0 unspecified atom stereocenters. The maximum absolute atomic E-state index is 11.9. The van der Waals surface area contributed by atoms with Crippen LogP contribution in [0.15, 0.2) is 54.6 Å². The van der Waals surface area contributed by atoms with E-state index < -0.39 is 0 Å². The van der Waals surface area contributed by atoms with Gasteiger partial charge in [-0.05, 0) is 18.6 Å². The molecule has 0 aliphatic heterocycles. The fourth-order valence-corrected chi connectivity index (χ4v) is 2.29. The Bertz CT molecular complexity index is 586. The molecule has 0 heterocycles. The number of halogens is 1. The molecular weight excluding hydrogens is 284 g/mol. The van der Waals surface area contributed by atoms with Gasteiger partial charge in [0.15, 0.2) is 6.54 Å². The van der Waals surface area contributed by atoms with Crippen molar-refractivity contribution in [1.82, 2.24) is 5.32 Å². The average molecular weight is 304 g/mol. The van der Waals surface area contributed by atoms with Crippen LogP contribution in [-0.4, -0.2) is 12.5 Å². The highest BCUT2D eigenvalue weighted by Gasteiger charge is 2.11. The van der Waals surface area contributed by atoms with Gasteiger partial charge in [-0.2, -0.15) is 0 Å². The molecule has 4 heteroatoms. The standard InChI is InChI=1S/C17H19ClN2O/c1-13(14-7-3-2-4-8-14)19-12-17(21)20-11-15-9-5-6-10-16(15)18/h2-10,13,19H,11-12H2,1H3,(H,20,21)/p+1/t13-/m0/s1. The van der Waals surface area contributed by atoms with E-state index >= 15 is 0 Å². The summed E-state index contributed by atoms with van der Waals surface area (Å²) in [6.45, 7) is 2.96. The van der Waals surface area contributed by atoms with Crippen molar-refractivity contribution in [3.63, 3.8) is 0 Å². The summed E-state index contributed by atoms with van der Waals surface area (Å²) in [5.41, 5.74) is 2.15. The van der Waals surface area contributed by atoms with Crippen LogP contribution in [0.2, 0.25) is 5.02 Å². The van der Waals surface area contributed by atoms with Crippen molar-refractivity contribution in [3.05, 3.63) is 70.7 Å². The summed E-state index contributed by atoms with van der Waals surface area (Å²) < 4.78 is 0. The molecule has 0 aromatic heterocycles. The minimum Gasteiger partial charge on any atom is -0.347 e. The maximum Gasteiger partial charge on any atom is 0.275 e. The highest BCUT2D eigenvalue weighted by Crippen LogP contribution is 2.14. The van der Waals surface area contributed by atoms with Gasteiger partial charge >= 0.3 is 0 Å². The normalized spacial score (nSPS) is 11.9. The smallest absolute Gasteiger partial charge is 0.275 e. The molecular formula is C17H20ClN2O+. The summed E-state index contributed by atoms with van der Waals surface area (Å²) in [5, 5.41) is 5.60. The van der Waals surface area contributed by atoms with Gasteiger partial charge < -0.3 is 10.6 Å². The summed E-state index contributed by atoms with van der Waals surface area (Å²) in [4.78, 5) is 11.9. The molecule has 0 fully saturated rings. The molecule has 1 atom stereocenters. The van der Waals surface area contributed by atoms with Gasteiger partial charge in [0, 0.05) is 17.1 Å². The van der Waals surface area contributed by atoms with E-state index in [0.29, 0.717) is 18.1 Å². The van der Waals surface area contributed by atoms with Crippen LogP contribution in [0, 0.1) is 0 Å². The zero-order valence-electron chi connectivity index (χ0n) is 12.1. The summed E-state index contributed by atoms with van der Waals surface area (Å²) in [6, 6.07) is 18.0. The second kappa shape index (κ2) is 7.81. The Hall–Kier alpha value is -1.84. The van der Waals surface area contributed by atoms with Crippen molar-refractivity contribution < 1.29 is 10.1 Å². The minimum absolute atomic E-state index is 0.0118. The Morgan fingerprint density at radius 3 is 2.52 bits per heavy atom. The van der Waals surface area contributed by atoms with Crippen LogP contribution in [0.1, 0.15) is 24.1 Å². The molecule has 2 aromatic rings. The largest absolute Gasteiger partial charge is 0.347 e. The number of hydrogen-bond acceptors (Lipinski definition) is 1. The molecule has 0 spiro atoms. The molecule has 3 nitrogen and oxygen atoms in total. The first-order valence-electron chi connectivity index (χ1n) is 7.05. The van der Waals surface area contributed by atoms with E-state index in [2.05, 4.69) is 24.4 Å². The van der Waals surface area contributed by atoms with Gasteiger partial charge in [-0.15, -0.1) is 0 Å². The van der Waals surface area contributed by atoms with Gasteiger partial charge in [0.25, 0.3) is 5.91 Å². The summed E-state index contributed by atoms with van der Waals surface area (Å²) in [6.07, 6.45) is 0. The third-order valence-electron chi connectivity index (χ3n) is 3.42. The van der Waals surface area contributed by atoms with Gasteiger partial charge in [0.1, 0.15) is 6.04 Å². The quantitative estimate of drug-likeness (QED) is 0.845. The molecule has 0 radical (unpaired) electrons. The Kier molecular flexibility index (Phi) is 5.78. The SMILES string of the molecule is C[C@H]([NH2+]CC(=O)NCc1ccccc1Cl)c1ccccc1. The Labute approximate surface area is 130 Å². The summed E-state index contributed by atoms with van der Waals surface area (Å²) in [7, 11) is 0. The summed E-state index contributed by atoms with van der Waals surface area (Å²) >= 11 is 6.06. The third kappa shape index (κ3) is 4.88. The Morgan fingerprint density at radius 1 is 1.14 bits per heavy atom. The van der Waals surface area contributed by atoms with Crippen LogP contribution in [0.5, 0.6) is 0 Å². The van der Waals surface area contributed by atoms with Crippen molar-refractivity contribution >= 4 is 17.5 Å². The summed E-state index contributed by atoms with van der Waals surface area (Å²) in [5.74, 6) is 0.0118. The highest BCUT2D eigenvalue weighted by molar-refractivity contribution is 6.31. The molecule has 0 saturated heterocycles. The second-order valence-electron chi connectivity index (χ2n) is 5.01. The van der Waals surface area contributed by atoms with Crippen molar-refractivity contribution in [2.24, 2.45) is 0 Å². The van der Waals surface area contributed by atoms with E-state index in [9.17, 15) is 4.79 Å². The first-order chi connectivity index (χ1) is 10.2. The maximum atomic E-state index is 11.9. The lowest BCUT2D eigenvalue weighted by atomic mass is 10.1. The molecule has 110 valence electrons. The number of nitrogens with two attached hydrogens (primary N) is 1. The van der Waals surface area contributed by atoms with Crippen LogP contribution in [0.25, 0.3) is 0 Å². The van der Waals surface area contributed by atoms with Crippen LogP contribution < -0.4 is 10.6 Å². The molecule has 3 N–H and O–H groups in total. The van der Waals surface area contributed by atoms with Gasteiger partial charge in [0.05, 0.1) is 0 Å². The predicted molar refractivity (Wildman–Crippen MR) is 84.9 cm³/mol. The van der Waals surface area contributed by atoms with E-state index in [1.54, 1.807) is 0 Å². The second-order valence-corrected chi connectivity index (χ2v) is 5.41. The van der Waals surface area contributed by atoms with Crippen molar-refractivity contribution in [1.29, 1.82) is 0 Å². The molecule has 2 aromatic carbocycles. The lowest BCUT2D eigenvalue weighted by Crippen LogP contribution is -2.87. The number of nitrogens with one attached hydrogen (secondary N) is 1. The van der Waals surface area contributed by atoms with E-state index in [1.807, 2.05) is 47.8 Å². The van der Waals surface area contributed by atoms with Crippen molar-refractivity contribution in [2.45, 2.75) is 19.5 Å². The first-order valence-corrected chi connectivity index (χ1v) is 7.43. The number of quaternary nitrogens is 1. The van der Waals surface area contributed by atoms with Gasteiger partial charge in [0.2, 0.25) is 0 Å². The fraction of sp³-hybridized carbons (Fsp3) is 0.235. The van der Waals surface area contributed by atoms with E-state index in [-0.39, 0.29) is 11.9 Å². The number of carbonyl (C=O) groups is 1. The zero-order valence-corrected chi connectivity index (χ0v) is 12.8. The molecule has 21 heavy (non-hydrogen) atoms. The predicted octanol–water partition coefficient (Wildman–Crippen LogP) is 2.28. The topological polar surface area (TPSA) is 45.7 Å². The van der Waals surface area contributed by atoms with Crippen LogP contribution in [-0.2, 0) is 11.3 Å². The van der Waals surface area contributed by atoms with Gasteiger partial charge in [-0.1, -0.05) is 60.1 Å². The fourth-order valence-electron chi connectivity index (χ4n) is 2.08. The molecule has 0 saturated carbocycles. The lowest BCUT2D eigenvalue weighted by molar-refractivity contribution is -0.682. The molecule has 0 aliphatic carbocycles. The molecule has 0 aliphatic rings. The van der Waals surface area contributed by atoms with Crippen molar-refractivity contribution in [3.8, 4) is 0 Å². The van der Waals surface area contributed by atoms with Crippen LogP contribution in [0.3, 0.4) is 0 Å². The van der Waals surface area contributed by atoms with Crippen molar-refractivity contribution in [2.75, 3.05) is 6.54 Å². The molecule has 2 rings (SSSR count). The molecule has 0 bridgehead atoms. The number of hydrogen-bond donors (Lipinski definition) is 2. The third-order valence-corrected chi connectivity index (χ3v) is 3.78. The van der Waals surface area contributed by atoms with Crippen LogP contribution in [0.4, 0.5) is 0 Å². The van der Waals surface area contributed by atoms with Gasteiger partial charge in [-0.25, -0.2) is 0 Å². The average Bonchev–Trinajstić information content (AvgIpc) is 2.52. The van der Waals surface area contributed by atoms with Crippen LogP contribution >= 0.6 is 11.6 Å². The highest BCUT2D eigenvalue weighted by atomic mass is 35.5. The van der Waals surface area contributed by atoms with Gasteiger partial charge in [-0.3, -0.25) is 4.79 Å². The van der Waals surface area contributed by atoms with E-state index in [1.165, 1.54) is 5.56 Å². The lowest BCUT2D eigenvalue weighted by Gasteiger charge is -2.11. The number of carbonyl (C=O) groups excluding carboxylic acids is 1. The number of amides is 1.